The van der Waals surface area contributed by atoms with Crippen LogP contribution in [0, 0.1) is 0 Å². The Hall–Kier alpha value is -1.02. The molecule has 0 unspecified atom stereocenters. The third-order valence-electron chi connectivity index (χ3n) is 1.36. The molecule has 0 saturated heterocycles. The van der Waals surface area contributed by atoms with Crippen molar-refractivity contribution in [2.24, 2.45) is 5.73 Å². The highest BCUT2D eigenvalue weighted by Crippen LogP contribution is 1.96. The van der Waals surface area contributed by atoms with Crippen molar-refractivity contribution >= 4 is 0 Å². The van der Waals surface area contributed by atoms with Crippen molar-refractivity contribution in [1.82, 2.24) is 4.90 Å². The Labute approximate surface area is 75.1 Å². The minimum Gasteiger partial charge on any atom is -0.399 e. The van der Waals surface area contributed by atoms with Crippen LogP contribution in [-0.4, -0.2) is 25.5 Å². The second-order valence-electron chi connectivity index (χ2n) is 3.02. The lowest BCUT2D eigenvalue weighted by molar-refractivity contribution is 0.449. The summed E-state index contributed by atoms with van der Waals surface area (Å²) in [7, 11) is 4.02. The van der Waals surface area contributed by atoms with Gasteiger partial charge in [0.05, 0.1) is 0 Å². The molecular formula is C10H18N2. The second kappa shape index (κ2) is 5.61. The minimum absolute atomic E-state index is 0.773. The molecule has 0 atom stereocenters. The Balaban J connectivity index is 3.92. The molecule has 0 aromatic carbocycles. The standard InChI is InChI=1S/C10H18N2/c1-5-10(11)7-6-9(2)8-12(3)4/h5-7H,2,8,11H2,1,3-4H3/b7-6-,10-5+. The van der Waals surface area contributed by atoms with E-state index in [0.717, 1.165) is 17.8 Å². The van der Waals surface area contributed by atoms with Gasteiger partial charge < -0.3 is 10.6 Å². The molecule has 0 bridgehead atoms. The van der Waals surface area contributed by atoms with Crippen LogP contribution in [0.3, 0.4) is 0 Å². The third-order valence-corrected chi connectivity index (χ3v) is 1.36. The second-order valence-corrected chi connectivity index (χ2v) is 3.02. The molecule has 0 aromatic heterocycles. The number of rotatable bonds is 4. The normalized spacial score (nSPS) is 12.8. The van der Waals surface area contributed by atoms with Gasteiger partial charge in [0.25, 0.3) is 0 Å². The van der Waals surface area contributed by atoms with E-state index < -0.39 is 0 Å². The molecule has 2 heteroatoms. The molecule has 0 aliphatic heterocycles. The van der Waals surface area contributed by atoms with Crippen LogP contribution in [0.4, 0.5) is 0 Å². The van der Waals surface area contributed by atoms with Crippen molar-refractivity contribution in [1.29, 1.82) is 0 Å². The molecule has 0 fully saturated rings. The van der Waals surface area contributed by atoms with Gasteiger partial charge in [-0.25, -0.2) is 0 Å². The van der Waals surface area contributed by atoms with E-state index in [1.807, 2.05) is 39.2 Å². The first-order chi connectivity index (χ1) is 5.56. The summed E-state index contributed by atoms with van der Waals surface area (Å²) in [4.78, 5) is 2.07. The molecule has 0 radical (unpaired) electrons. The SMILES string of the molecule is C=C(/C=C\C(N)=C/C)CN(C)C. The van der Waals surface area contributed by atoms with Gasteiger partial charge in [-0.1, -0.05) is 18.7 Å². The topological polar surface area (TPSA) is 29.3 Å². The zero-order chi connectivity index (χ0) is 9.56. The van der Waals surface area contributed by atoms with Crippen LogP contribution in [-0.2, 0) is 0 Å². The van der Waals surface area contributed by atoms with E-state index in [2.05, 4.69) is 11.5 Å². The summed E-state index contributed by atoms with van der Waals surface area (Å²) in [6.07, 6.45) is 5.67. The van der Waals surface area contributed by atoms with Crippen LogP contribution in [0.2, 0.25) is 0 Å². The van der Waals surface area contributed by atoms with E-state index >= 15 is 0 Å². The fourth-order valence-corrected chi connectivity index (χ4v) is 0.769. The van der Waals surface area contributed by atoms with Crippen molar-refractivity contribution in [3.05, 3.63) is 36.1 Å². The zero-order valence-corrected chi connectivity index (χ0v) is 8.17. The fraction of sp³-hybridized carbons (Fsp3) is 0.400. The number of nitrogens with two attached hydrogens (primary N) is 1. The van der Waals surface area contributed by atoms with E-state index in [-0.39, 0.29) is 0 Å². The van der Waals surface area contributed by atoms with Gasteiger partial charge in [0.2, 0.25) is 0 Å². The first-order valence-electron chi connectivity index (χ1n) is 3.98. The Morgan fingerprint density at radius 1 is 1.42 bits per heavy atom. The lowest BCUT2D eigenvalue weighted by Gasteiger charge is -2.08. The van der Waals surface area contributed by atoms with E-state index in [1.165, 1.54) is 0 Å². The van der Waals surface area contributed by atoms with Crippen molar-refractivity contribution in [3.63, 3.8) is 0 Å². The highest BCUT2D eigenvalue weighted by molar-refractivity contribution is 5.24. The Kier molecular flexibility index (Phi) is 5.13. The summed E-state index contributed by atoms with van der Waals surface area (Å²) in [6.45, 7) is 6.67. The van der Waals surface area contributed by atoms with Gasteiger partial charge in [0.1, 0.15) is 0 Å². The van der Waals surface area contributed by atoms with Crippen molar-refractivity contribution in [3.8, 4) is 0 Å². The molecule has 0 aromatic rings. The summed E-state index contributed by atoms with van der Waals surface area (Å²) in [5, 5.41) is 0. The van der Waals surface area contributed by atoms with Gasteiger partial charge in [0.15, 0.2) is 0 Å². The van der Waals surface area contributed by atoms with Gasteiger partial charge in [-0.2, -0.15) is 0 Å². The highest BCUT2D eigenvalue weighted by Gasteiger charge is 1.90. The van der Waals surface area contributed by atoms with Crippen LogP contribution in [0.15, 0.2) is 36.1 Å². The van der Waals surface area contributed by atoms with Gasteiger partial charge in [-0.05, 0) is 32.7 Å². The Morgan fingerprint density at radius 3 is 2.42 bits per heavy atom. The van der Waals surface area contributed by atoms with Crippen molar-refractivity contribution in [2.45, 2.75) is 6.92 Å². The molecule has 2 N–H and O–H groups in total. The number of likely N-dealkylation sites (N-methyl/N-ethyl adjacent to an activating group) is 1. The molecule has 0 heterocycles. The highest BCUT2D eigenvalue weighted by atomic mass is 15.0. The lowest BCUT2D eigenvalue weighted by Crippen LogP contribution is -2.13. The number of allylic oxidation sites excluding steroid dienone is 2. The minimum atomic E-state index is 0.773. The molecule has 0 aliphatic carbocycles. The van der Waals surface area contributed by atoms with Crippen LogP contribution >= 0.6 is 0 Å². The molecule has 0 amide bonds. The van der Waals surface area contributed by atoms with Gasteiger partial charge >= 0.3 is 0 Å². The maximum Gasteiger partial charge on any atom is 0.0270 e. The summed E-state index contributed by atoms with van der Waals surface area (Å²) >= 11 is 0. The van der Waals surface area contributed by atoms with Gasteiger partial charge in [-0.15, -0.1) is 0 Å². The Morgan fingerprint density at radius 2 is 2.00 bits per heavy atom. The predicted molar refractivity (Wildman–Crippen MR) is 54.8 cm³/mol. The zero-order valence-electron chi connectivity index (χ0n) is 8.17. The van der Waals surface area contributed by atoms with E-state index in [1.54, 1.807) is 0 Å². The molecule has 68 valence electrons. The summed E-state index contributed by atoms with van der Waals surface area (Å²) in [5.41, 5.74) is 7.40. The average Bonchev–Trinajstić information content (AvgIpc) is 1.99. The first kappa shape index (κ1) is 11.0. The molecule has 2 nitrogen and oxygen atoms in total. The van der Waals surface area contributed by atoms with Crippen molar-refractivity contribution < 1.29 is 0 Å². The molecule has 0 saturated carbocycles. The largest absolute Gasteiger partial charge is 0.399 e. The number of nitrogens with zero attached hydrogens (tertiary/aromatic N) is 1. The molecule has 12 heavy (non-hydrogen) atoms. The summed E-state index contributed by atoms with van der Waals surface area (Å²) in [6, 6.07) is 0. The van der Waals surface area contributed by atoms with Crippen LogP contribution in [0.1, 0.15) is 6.92 Å². The van der Waals surface area contributed by atoms with E-state index in [9.17, 15) is 0 Å². The monoisotopic (exact) mass is 166 g/mol. The molecule has 0 spiro atoms. The summed E-state index contributed by atoms with van der Waals surface area (Å²) in [5.74, 6) is 0. The molecular weight excluding hydrogens is 148 g/mol. The van der Waals surface area contributed by atoms with Crippen LogP contribution in [0.25, 0.3) is 0 Å². The number of hydrogen-bond acceptors (Lipinski definition) is 2. The first-order valence-corrected chi connectivity index (χ1v) is 3.98. The maximum absolute atomic E-state index is 5.57. The average molecular weight is 166 g/mol. The Bertz CT molecular complexity index is 200. The molecule has 0 aliphatic rings. The van der Waals surface area contributed by atoms with E-state index in [4.69, 9.17) is 5.73 Å². The predicted octanol–water partition coefficient (Wildman–Crippen LogP) is 1.52. The van der Waals surface area contributed by atoms with Gasteiger partial charge in [0, 0.05) is 12.2 Å². The summed E-state index contributed by atoms with van der Waals surface area (Å²) < 4.78 is 0. The fourth-order valence-electron chi connectivity index (χ4n) is 0.769. The molecule has 0 rings (SSSR count). The maximum atomic E-state index is 5.57. The van der Waals surface area contributed by atoms with Crippen LogP contribution in [0.5, 0.6) is 0 Å². The number of hydrogen-bond donors (Lipinski definition) is 1. The van der Waals surface area contributed by atoms with Crippen LogP contribution < -0.4 is 5.73 Å². The third kappa shape index (κ3) is 5.74. The smallest absolute Gasteiger partial charge is 0.0270 e. The van der Waals surface area contributed by atoms with Crippen molar-refractivity contribution in [2.75, 3.05) is 20.6 Å². The van der Waals surface area contributed by atoms with E-state index in [0.29, 0.717) is 0 Å². The van der Waals surface area contributed by atoms with Gasteiger partial charge in [-0.3, -0.25) is 0 Å². The lowest BCUT2D eigenvalue weighted by atomic mass is 10.2. The quantitative estimate of drug-likeness (QED) is 0.642.